The van der Waals surface area contributed by atoms with E-state index < -0.39 is 18.0 Å². The number of amides is 1. The third-order valence-electron chi connectivity index (χ3n) is 4.70. The first kappa shape index (κ1) is 21.0. The summed E-state index contributed by atoms with van der Waals surface area (Å²) in [5, 5.41) is 2.61. The number of nitrogens with zero attached hydrogens (tertiary/aromatic N) is 3. The number of hydrogen-bond donors (Lipinski definition) is 2. The quantitative estimate of drug-likeness (QED) is 0.412. The van der Waals surface area contributed by atoms with E-state index in [1.807, 2.05) is 48.5 Å². The Kier molecular flexibility index (Phi) is 6.35. The van der Waals surface area contributed by atoms with Crippen LogP contribution in [-0.4, -0.2) is 44.5 Å². The number of para-hydroxylation sites is 1. The van der Waals surface area contributed by atoms with Crippen molar-refractivity contribution < 1.29 is 19.1 Å². The van der Waals surface area contributed by atoms with Gasteiger partial charge >= 0.3 is 5.97 Å². The maximum atomic E-state index is 12.4. The first-order chi connectivity index (χ1) is 15.6. The Morgan fingerprint density at radius 1 is 1.03 bits per heavy atom. The molecule has 9 heteroatoms. The number of aromatic nitrogens is 4. The number of anilines is 1. The first-order valence-corrected chi connectivity index (χ1v) is 9.99. The lowest BCUT2D eigenvalue weighted by atomic mass is 10.0. The number of nitrogens with one attached hydrogen (secondary N) is 2. The molecule has 0 aliphatic carbocycles. The fourth-order valence-electron chi connectivity index (χ4n) is 3.11. The average molecular weight is 431 g/mol. The second-order valence-electron chi connectivity index (χ2n) is 7.00. The maximum absolute atomic E-state index is 12.4. The van der Waals surface area contributed by atoms with Gasteiger partial charge in [-0.05, 0) is 24.1 Å². The molecular weight excluding hydrogens is 410 g/mol. The number of aromatic amines is 1. The first-order valence-electron chi connectivity index (χ1n) is 9.99. The third kappa shape index (κ3) is 5.07. The van der Waals surface area contributed by atoms with Crippen molar-refractivity contribution in [3.63, 3.8) is 0 Å². The predicted octanol–water partition coefficient (Wildman–Crippen LogP) is 2.89. The van der Waals surface area contributed by atoms with Crippen LogP contribution in [0.4, 0.5) is 5.82 Å². The van der Waals surface area contributed by atoms with E-state index in [9.17, 15) is 9.59 Å². The topological polar surface area (TPSA) is 119 Å². The Morgan fingerprint density at radius 2 is 1.81 bits per heavy atom. The summed E-state index contributed by atoms with van der Waals surface area (Å²) in [5.41, 5.74) is 2.98. The fourth-order valence-corrected chi connectivity index (χ4v) is 3.11. The van der Waals surface area contributed by atoms with Crippen LogP contribution in [0.3, 0.4) is 0 Å². The number of carbonyl (C=O) groups excluding carboxylic acids is 2. The monoisotopic (exact) mass is 431 g/mol. The Labute approximate surface area is 183 Å². The zero-order chi connectivity index (χ0) is 22.3. The molecule has 4 aromatic rings. The Bertz CT molecular complexity index is 1230. The van der Waals surface area contributed by atoms with Crippen LogP contribution < -0.4 is 10.1 Å². The molecule has 1 atom stereocenters. The van der Waals surface area contributed by atoms with Gasteiger partial charge in [0.1, 0.15) is 17.6 Å². The minimum Gasteiger partial charge on any atom is -0.482 e. The molecule has 2 aromatic heterocycles. The van der Waals surface area contributed by atoms with Crippen LogP contribution in [-0.2, 0) is 20.7 Å². The number of hydrogen-bond acceptors (Lipinski definition) is 7. The van der Waals surface area contributed by atoms with Crippen LogP contribution in [0, 0.1) is 0 Å². The van der Waals surface area contributed by atoms with Crippen molar-refractivity contribution >= 4 is 28.9 Å². The van der Waals surface area contributed by atoms with Crippen LogP contribution in [0.1, 0.15) is 18.1 Å². The lowest BCUT2D eigenvalue weighted by molar-refractivity contribution is -0.155. The van der Waals surface area contributed by atoms with Gasteiger partial charge in [0.05, 0.1) is 6.33 Å². The summed E-state index contributed by atoms with van der Waals surface area (Å²) in [6.07, 6.45) is 2.37. The highest BCUT2D eigenvalue weighted by atomic mass is 16.6. The minimum atomic E-state index is -1.04. The standard InChI is InChI=1S/C23H21N5O4/c1-15(23(30)28-22-20-21(25-13-24-20)26-14-27-22)32-19(29)12-31-18-10-6-5-9-17(18)11-16-7-3-2-4-8-16/h2-10,13-15H,11-12H2,1H3,(H2,24,25,26,27,28,30). The van der Waals surface area contributed by atoms with Crippen LogP contribution in [0.15, 0.2) is 67.3 Å². The molecule has 4 rings (SSSR count). The Hall–Kier alpha value is -4.27. The van der Waals surface area contributed by atoms with Gasteiger partial charge in [0.15, 0.2) is 24.2 Å². The molecule has 2 aromatic carbocycles. The molecule has 0 spiro atoms. The predicted molar refractivity (Wildman–Crippen MR) is 117 cm³/mol. The summed E-state index contributed by atoms with van der Waals surface area (Å²) in [4.78, 5) is 39.5. The minimum absolute atomic E-state index is 0.256. The molecule has 2 heterocycles. The zero-order valence-corrected chi connectivity index (χ0v) is 17.3. The second-order valence-corrected chi connectivity index (χ2v) is 7.00. The van der Waals surface area contributed by atoms with E-state index in [2.05, 4.69) is 25.3 Å². The summed E-state index contributed by atoms with van der Waals surface area (Å²) >= 11 is 0. The second kappa shape index (κ2) is 9.69. The lowest BCUT2D eigenvalue weighted by Crippen LogP contribution is -2.32. The van der Waals surface area contributed by atoms with Gasteiger partial charge < -0.3 is 19.8 Å². The highest BCUT2D eigenvalue weighted by Gasteiger charge is 2.20. The van der Waals surface area contributed by atoms with Crippen molar-refractivity contribution in [2.45, 2.75) is 19.4 Å². The van der Waals surface area contributed by atoms with Crippen LogP contribution in [0.25, 0.3) is 11.2 Å². The SMILES string of the molecule is CC(OC(=O)COc1ccccc1Cc1ccccc1)C(=O)Nc1ncnc2nc[nH]c12. The van der Waals surface area contributed by atoms with Gasteiger partial charge in [-0.3, -0.25) is 4.79 Å². The fraction of sp³-hybridized carbons (Fsp3) is 0.174. The average Bonchev–Trinajstić information content (AvgIpc) is 3.29. The maximum Gasteiger partial charge on any atom is 0.344 e. The van der Waals surface area contributed by atoms with Crippen molar-refractivity contribution in [1.82, 2.24) is 19.9 Å². The summed E-state index contributed by atoms with van der Waals surface area (Å²) in [6.45, 7) is 1.16. The molecule has 1 unspecified atom stereocenters. The van der Waals surface area contributed by atoms with E-state index >= 15 is 0 Å². The highest BCUT2D eigenvalue weighted by molar-refractivity contribution is 5.99. The molecule has 32 heavy (non-hydrogen) atoms. The molecule has 2 N–H and O–H groups in total. The van der Waals surface area contributed by atoms with Crippen molar-refractivity contribution in [3.8, 4) is 5.75 Å². The van der Waals surface area contributed by atoms with Crippen LogP contribution in [0.5, 0.6) is 5.75 Å². The molecule has 9 nitrogen and oxygen atoms in total. The molecule has 0 aliphatic heterocycles. The molecular formula is C23H21N5O4. The smallest absolute Gasteiger partial charge is 0.344 e. The number of ether oxygens (including phenoxy) is 2. The van der Waals surface area contributed by atoms with Crippen molar-refractivity contribution in [1.29, 1.82) is 0 Å². The van der Waals surface area contributed by atoms with E-state index in [1.54, 1.807) is 6.07 Å². The highest BCUT2D eigenvalue weighted by Crippen LogP contribution is 2.21. The van der Waals surface area contributed by atoms with Gasteiger partial charge in [-0.1, -0.05) is 48.5 Å². The Balaban J connectivity index is 1.32. The van der Waals surface area contributed by atoms with Crippen LogP contribution >= 0.6 is 0 Å². The number of fused-ring (bicyclic) bond motifs is 1. The number of H-pyrrole nitrogens is 1. The summed E-state index contributed by atoms with van der Waals surface area (Å²) in [7, 11) is 0. The van der Waals surface area contributed by atoms with Crippen molar-refractivity contribution in [2.75, 3.05) is 11.9 Å². The molecule has 0 radical (unpaired) electrons. The van der Waals surface area contributed by atoms with Crippen LogP contribution in [0.2, 0.25) is 0 Å². The third-order valence-corrected chi connectivity index (χ3v) is 4.70. The Morgan fingerprint density at radius 3 is 2.66 bits per heavy atom. The van der Waals surface area contributed by atoms with E-state index in [-0.39, 0.29) is 12.4 Å². The van der Waals surface area contributed by atoms with E-state index in [1.165, 1.54) is 19.6 Å². The number of carbonyl (C=O) groups is 2. The largest absolute Gasteiger partial charge is 0.482 e. The van der Waals surface area contributed by atoms with Gasteiger partial charge in [0.25, 0.3) is 5.91 Å². The lowest BCUT2D eigenvalue weighted by Gasteiger charge is -2.15. The molecule has 0 aliphatic rings. The zero-order valence-electron chi connectivity index (χ0n) is 17.3. The molecule has 0 saturated heterocycles. The van der Waals surface area contributed by atoms with Gasteiger partial charge in [-0.25, -0.2) is 19.7 Å². The molecule has 0 fully saturated rings. The normalized spacial score (nSPS) is 11.7. The van der Waals surface area contributed by atoms with Crippen molar-refractivity contribution in [3.05, 3.63) is 78.4 Å². The summed E-state index contributed by atoms with van der Waals surface area (Å²) in [6, 6.07) is 17.5. The molecule has 0 bridgehead atoms. The van der Waals surface area contributed by atoms with Gasteiger partial charge in [0.2, 0.25) is 0 Å². The number of rotatable bonds is 8. The molecule has 0 saturated carbocycles. The number of esters is 1. The van der Waals surface area contributed by atoms with E-state index in [0.717, 1.165) is 11.1 Å². The number of benzene rings is 2. The van der Waals surface area contributed by atoms with E-state index in [0.29, 0.717) is 23.3 Å². The summed E-state index contributed by atoms with van der Waals surface area (Å²) < 4.78 is 10.9. The summed E-state index contributed by atoms with van der Waals surface area (Å²) in [5.74, 6) is -0.339. The number of imidazole rings is 1. The van der Waals surface area contributed by atoms with E-state index in [4.69, 9.17) is 9.47 Å². The van der Waals surface area contributed by atoms with Gasteiger partial charge in [0, 0.05) is 6.42 Å². The molecule has 162 valence electrons. The van der Waals surface area contributed by atoms with Gasteiger partial charge in [-0.15, -0.1) is 0 Å². The van der Waals surface area contributed by atoms with Gasteiger partial charge in [-0.2, -0.15) is 0 Å². The van der Waals surface area contributed by atoms with Crippen molar-refractivity contribution in [2.24, 2.45) is 0 Å². The molecule has 1 amide bonds.